The lowest BCUT2D eigenvalue weighted by atomic mass is 10.0. The maximum Gasteiger partial charge on any atom is 0.163 e. The molecule has 2 aromatic rings. The molecule has 3 N–H and O–H groups in total. The highest BCUT2D eigenvalue weighted by atomic mass is 15.3. The predicted molar refractivity (Wildman–Crippen MR) is 77.8 cm³/mol. The van der Waals surface area contributed by atoms with Gasteiger partial charge in [0.1, 0.15) is 5.82 Å². The van der Waals surface area contributed by atoms with E-state index in [9.17, 15) is 0 Å². The lowest BCUT2D eigenvalue weighted by Crippen LogP contribution is -2.34. The van der Waals surface area contributed by atoms with Gasteiger partial charge in [-0.2, -0.15) is 5.10 Å². The zero-order valence-corrected chi connectivity index (χ0v) is 12.0. The van der Waals surface area contributed by atoms with Crippen LogP contribution in [-0.4, -0.2) is 37.7 Å². The molecular weight excluding hydrogens is 254 g/mol. The molecule has 20 heavy (non-hydrogen) atoms. The zero-order chi connectivity index (χ0) is 14.1. The summed E-state index contributed by atoms with van der Waals surface area (Å²) < 4.78 is 1.75. The van der Waals surface area contributed by atoms with Crippen molar-refractivity contribution in [2.24, 2.45) is 18.8 Å². The Hall–Kier alpha value is -1.73. The van der Waals surface area contributed by atoms with Gasteiger partial charge in [-0.25, -0.2) is 15.8 Å². The van der Waals surface area contributed by atoms with E-state index in [1.165, 1.54) is 12.8 Å². The van der Waals surface area contributed by atoms with E-state index in [-0.39, 0.29) is 0 Å². The Bertz CT molecular complexity index is 606. The molecular formula is C13H21N7. The van der Waals surface area contributed by atoms with Crippen molar-refractivity contribution >= 4 is 16.9 Å². The number of anilines is 1. The topological polar surface area (TPSA) is 84.9 Å². The molecule has 0 amide bonds. The molecule has 0 spiro atoms. The molecule has 3 rings (SSSR count). The van der Waals surface area contributed by atoms with Gasteiger partial charge in [-0.15, -0.1) is 0 Å². The maximum absolute atomic E-state index is 5.56. The first-order valence-electron chi connectivity index (χ1n) is 7.05. The van der Waals surface area contributed by atoms with Gasteiger partial charge < -0.3 is 5.43 Å². The van der Waals surface area contributed by atoms with Gasteiger partial charge in [-0.1, -0.05) is 6.92 Å². The Labute approximate surface area is 118 Å². The summed E-state index contributed by atoms with van der Waals surface area (Å²) in [5.74, 6) is 7.74. The number of nitrogens with two attached hydrogens (primary N) is 1. The van der Waals surface area contributed by atoms with Crippen molar-refractivity contribution in [2.45, 2.75) is 26.3 Å². The van der Waals surface area contributed by atoms with Gasteiger partial charge in [-0.3, -0.25) is 9.58 Å². The van der Waals surface area contributed by atoms with E-state index in [1.807, 2.05) is 7.05 Å². The molecule has 108 valence electrons. The summed E-state index contributed by atoms with van der Waals surface area (Å²) in [6.45, 7) is 5.28. The zero-order valence-electron chi connectivity index (χ0n) is 12.0. The number of nitrogens with zero attached hydrogens (tertiary/aromatic N) is 5. The quantitative estimate of drug-likeness (QED) is 0.639. The van der Waals surface area contributed by atoms with Crippen molar-refractivity contribution in [2.75, 3.05) is 18.5 Å². The number of likely N-dealkylation sites (tertiary alicyclic amines) is 1. The van der Waals surface area contributed by atoms with E-state index in [1.54, 1.807) is 10.9 Å². The third kappa shape index (κ3) is 2.46. The lowest BCUT2D eigenvalue weighted by Gasteiger charge is -2.30. The van der Waals surface area contributed by atoms with Gasteiger partial charge in [0.25, 0.3) is 0 Å². The first-order chi connectivity index (χ1) is 9.67. The third-order valence-corrected chi connectivity index (χ3v) is 3.88. The molecule has 0 radical (unpaired) electrons. The number of rotatable bonds is 3. The molecule has 1 aliphatic rings. The molecule has 7 nitrogen and oxygen atoms in total. The fourth-order valence-corrected chi connectivity index (χ4v) is 2.88. The minimum atomic E-state index is 0.642. The van der Waals surface area contributed by atoms with Crippen LogP contribution in [-0.2, 0) is 13.6 Å². The Morgan fingerprint density at radius 1 is 1.45 bits per heavy atom. The van der Waals surface area contributed by atoms with Gasteiger partial charge in [-0.05, 0) is 25.3 Å². The Kier molecular flexibility index (Phi) is 3.54. The second kappa shape index (κ2) is 5.34. The van der Waals surface area contributed by atoms with Crippen LogP contribution in [0.15, 0.2) is 6.20 Å². The minimum absolute atomic E-state index is 0.642. The number of fused-ring (bicyclic) bond motifs is 1. The number of nitrogen functional groups attached to an aromatic ring is 1. The molecule has 7 heteroatoms. The molecule has 1 saturated heterocycles. The van der Waals surface area contributed by atoms with Crippen molar-refractivity contribution in [3.8, 4) is 0 Å². The van der Waals surface area contributed by atoms with Crippen molar-refractivity contribution in [3.63, 3.8) is 0 Å². The van der Waals surface area contributed by atoms with E-state index in [2.05, 4.69) is 32.3 Å². The average Bonchev–Trinajstić information content (AvgIpc) is 2.80. The first kappa shape index (κ1) is 13.3. The van der Waals surface area contributed by atoms with Crippen molar-refractivity contribution in [1.82, 2.24) is 24.6 Å². The van der Waals surface area contributed by atoms with Gasteiger partial charge in [0.15, 0.2) is 11.5 Å². The van der Waals surface area contributed by atoms with Crippen LogP contribution in [0.4, 0.5) is 5.82 Å². The summed E-state index contributed by atoms with van der Waals surface area (Å²) in [7, 11) is 1.88. The largest absolute Gasteiger partial charge is 0.308 e. The van der Waals surface area contributed by atoms with Gasteiger partial charge in [0, 0.05) is 13.6 Å². The van der Waals surface area contributed by atoms with E-state index >= 15 is 0 Å². The summed E-state index contributed by atoms with van der Waals surface area (Å²) in [6.07, 6.45) is 4.29. The van der Waals surface area contributed by atoms with E-state index in [0.29, 0.717) is 5.82 Å². The predicted octanol–water partition coefficient (Wildman–Crippen LogP) is 0.881. The standard InChI is InChI=1S/C13H21N7/c1-9-4-3-5-20(7-9)8-11-16-12(18-14)10-6-15-19(2)13(10)17-11/h6,9H,3-5,7-8,14H2,1-2H3,(H,16,17,18). The Morgan fingerprint density at radius 2 is 2.30 bits per heavy atom. The average molecular weight is 275 g/mol. The van der Waals surface area contributed by atoms with Crippen molar-refractivity contribution in [3.05, 3.63) is 12.0 Å². The smallest absolute Gasteiger partial charge is 0.163 e. The van der Waals surface area contributed by atoms with E-state index < -0.39 is 0 Å². The fraction of sp³-hybridized carbons (Fsp3) is 0.615. The van der Waals surface area contributed by atoms with Crippen LogP contribution < -0.4 is 11.3 Å². The van der Waals surface area contributed by atoms with Crippen LogP contribution in [0.25, 0.3) is 11.0 Å². The summed E-state index contributed by atoms with van der Waals surface area (Å²) in [5.41, 5.74) is 3.46. The second-order valence-electron chi connectivity index (χ2n) is 5.62. The number of aryl methyl sites for hydroxylation is 1. The van der Waals surface area contributed by atoms with Gasteiger partial charge in [0.2, 0.25) is 0 Å². The Morgan fingerprint density at radius 3 is 3.05 bits per heavy atom. The molecule has 1 fully saturated rings. The lowest BCUT2D eigenvalue weighted by molar-refractivity contribution is 0.173. The maximum atomic E-state index is 5.56. The third-order valence-electron chi connectivity index (χ3n) is 3.88. The normalized spacial score (nSPS) is 20.4. The molecule has 0 saturated carbocycles. The number of hydrazine groups is 1. The van der Waals surface area contributed by atoms with Crippen LogP contribution >= 0.6 is 0 Å². The van der Waals surface area contributed by atoms with Crippen molar-refractivity contribution < 1.29 is 0 Å². The van der Waals surface area contributed by atoms with Crippen LogP contribution in [0.1, 0.15) is 25.6 Å². The van der Waals surface area contributed by atoms with Crippen LogP contribution in [0, 0.1) is 5.92 Å². The molecule has 3 heterocycles. The van der Waals surface area contributed by atoms with E-state index in [4.69, 9.17) is 5.84 Å². The number of nitrogens with one attached hydrogen (secondary N) is 1. The minimum Gasteiger partial charge on any atom is -0.308 e. The summed E-state index contributed by atoms with van der Waals surface area (Å²) in [6, 6.07) is 0. The molecule has 0 aromatic carbocycles. The molecule has 1 atom stereocenters. The monoisotopic (exact) mass is 275 g/mol. The molecule has 1 unspecified atom stereocenters. The molecule has 1 aliphatic heterocycles. The Balaban J connectivity index is 1.89. The van der Waals surface area contributed by atoms with Crippen molar-refractivity contribution in [1.29, 1.82) is 0 Å². The molecule has 2 aromatic heterocycles. The first-order valence-corrected chi connectivity index (χ1v) is 7.05. The summed E-state index contributed by atoms with van der Waals surface area (Å²) in [4.78, 5) is 11.5. The fourth-order valence-electron chi connectivity index (χ4n) is 2.88. The number of aromatic nitrogens is 4. The molecule has 0 bridgehead atoms. The SMILES string of the molecule is CC1CCCN(Cc2nc(NN)c3cnn(C)c3n2)C1. The highest BCUT2D eigenvalue weighted by Crippen LogP contribution is 2.21. The van der Waals surface area contributed by atoms with Crippen LogP contribution in [0.3, 0.4) is 0 Å². The highest BCUT2D eigenvalue weighted by Gasteiger charge is 2.18. The van der Waals surface area contributed by atoms with Crippen LogP contribution in [0.5, 0.6) is 0 Å². The highest BCUT2D eigenvalue weighted by molar-refractivity contribution is 5.86. The molecule has 0 aliphatic carbocycles. The van der Waals surface area contributed by atoms with Crippen LogP contribution in [0.2, 0.25) is 0 Å². The number of piperidine rings is 1. The van der Waals surface area contributed by atoms with Gasteiger partial charge in [0.05, 0.1) is 18.1 Å². The van der Waals surface area contributed by atoms with E-state index in [0.717, 1.165) is 42.4 Å². The van der Waals surface area contributed by atoms with Gasteiger partial charge >= 0.3 is 0 Å². The summed E-state index contributed by atoms with van der Waals surface area (Å²) >= 11 is 0. The summed E-state index contributed by atoms with van der Waals surface area (Å²) in [5, 5.41) is 5.06. The number of hydrogen-bond donors (Lipinski definition) is 2. The number of hydrogen-bond acceptors (Lipinski definition) is 6. The second-order valence-corrected chi connectivity index (χ2v) is 5.62.